The van der Waals surface area contributed by atoms with Crippen molar-refractivity contribution in [3.8, 4) is 0 Å². The molecular weight excluding hydrogens is 264 g/mol. The van der Waals surface area contributed by atoms with E-state index in [1.807, 2.05) is 54.0 Å². The van der Waals surface area contributed by atoms with Crippen molar-refractivity contribution in [1.82, 2.24) is 9.78 Å². The summed E-state index contributed by atoms with van der Waals surface area (Å²) in [5.41, 5.74) is 4.22. The van der Waals surface area contributed by atoms with Gasteiger partial charge in [-0.05, 0) is 31.5 Å². The molecule has 1 aromatic carbocycles. The predicted octanol–water partition coefficient (Wildman–Crippen LogP) is 2.47. The van der Waals surface area contributed by atoms with Crippen molar-refractivity contribution in [3.05, 3.63) is 41.7 Å². The quantitative estimate of drug-likeness (QED) is 0.938. The lowest BCUT2D eigenvalue weighted by Crippen LogP contribution is -2.23. The molecule has 0 unspecified atom stereocenters. The maximum atomic E-state index is 11.8. The van der Waals surface area contributed by atoms with Gasteiger partial charge in [0.15, 0.2) is 0 Å². The molecule has 1 aliphatic heterocycles. The Bertz CT molecular complexity index is 662. The maximum Gasteiger partial charge on any atom is 0.227 e. The molecule has 0 atom stereocenters. The van der Waals surface area contributed by atoms with Crippen molar-refractivity contribution in [1.29, 1.82) is 0 Å². The molecule has 1 saturated heterocycles. The van der Waals surface area contributed by atoms with E-state index in [-0.39, 0.29) is 5.91 Å². The first kappa shape index (κ1) is 13.7. The molecule has 1 aromatic heterocycles. The van der Waals surface area contributed by atoms with Crippen LogP contribution in [0.25, 0.3) is 0 Å². The molecule has 5 heteroatoms. The molecule has 0 bridgehead atoms. The van der Waals surface area contributed by atoms with E-state index in [0.717, 1.165) is 36.6 Å². The Morgan fingerprint density at radius 1 is 1.38 bits per heavy atom. The van der Waals surface area contributed by atoms with Crippen LogP contribution in [0, 0.1) is 6.92 Å². The molecule has 0 saturated carbocycles. The Balaban J connectivity index is 1.71. The van der Waals surface area contributed by atoms with E-state index in [1.165, 1.54) is 5.56 Å². The van der Waals surface area contributed by atoms with Crippen LogP contribution in [0.5, 0.6) is 0 Å². The van der Waals surface area contributed by atoms with Gasteiger partial charge in [-0.2, -0.15) is 5.10 Å². The molecule has 2 aromatic rings. The lowest BCUT2D eigenvalue weighted by atomic mass is 10.2. The topological polar surface area (TPSA) is 50.2 Å². The lowest BCUT2D eigenvalue weighted by Gasteiger charge is -2.17. The summed E-state index contributed by atoms with van der Waals surface area (Å²) in [5.74, 6) is 0.218. The minimum Gasteiger partial charge on any atom is -0.381 e. The lowest BCUT2D eigenvalue weighted by molar-refractivity contribution is -0.117. The summed E-state index contributed by atoms with van der Waals surface area (Å²) in [6, 6.07) is 8.04. The molecule has 5 nitrogen and oxygen atoms in total. The van der Waals surface area contributed by atoms with Crippen molar-refractivity contribution in [2.24, 2.45) is 7.05 Å². The molecule has 1 amide bonds. The van der Waals surface area contributed by atoms with Crippen LogP contribution in [-0.2, 0) is 18.4 Å². The van der Waals surface area contributed by atoms with Crippen molar-refractivity contribution in [2.45, 2.75) is 26.3 Å². The van der Waals surface area contributed by atoms with Gasteiger partial charge in [-0.1, -0.05) is 6.07 Å². The second-order valence-corrected chi connectivity index (χ2v) is 5.47. The van der Waals surface area contributed by atoms with Crippen molar-refractivity contribution in [3.63, 3.8) is 0 Å². The van der Waals surface area contributed by atoms with E-state index in [1.54, 1.807) is 0 Å². The summed E-state index contributed by atoms with van der Waals surface area (Å²) in [6.07, 6.45) is 3.63. The maximum absolute atomic E-state index is 11.8. The normalized spacial score (nSPS) is 14.8. The molecule has 0 spiro atoms. The summed E-state index contributed by atoms with van der Waals surface area (Å²) in [7, 11) is 1.93. The molecular formula is C16H20N4O. The molecule has 1 N–H and O–H groups in total. The number of anilines is 2. The molecule has 110 valence electrons. The molecule has 3 rings (SSSR count). The average molecular weight is 284 g/mol. The zero-order valence-corrected chi connectivity index (χ0v) is 12.5. The van der Waals surface area contributed by atoms with Crippen LogP contribution in [0.2, 0.25) is 0 Å². The molecule has 0 radical (unpaired) electrons. The number of carbonyl (C=O) groups is 1. The third-order valence-corrected chi connectivity index (χ3v) is 3.83. The van der Waals surface area contributed by atoms with Crippen LogP contribution in [0.4, 0.5) is 11.4 Å². The predicted molar refractivity (Wildman–Crippen MR) is 83.3 cm³/mol. The number of benzene rings is 1. The highest BCUT2D eigenvalue weighted by Gasteiger charge is 2.21. The van der Waals surface area contributed by atoms with Crippen molar-refractivity contribution < 1.29 is 4.79 Å². The van der Waals surface area contributed by atoms with Crippen LogP contribution in [0.3, 0.4) is 0 Å². The Hall–Kier alpha value is -2.30. The SMILES string of the molecule is Cc1nn(C)cc1CNc1cccc(N2CCCC2=O)c1. The largest absolute Gasteiger partial charge is 0.381 e. The summed E-state index contributed by atoms with van der Waals surface area (Å²) in [6.45, 7) is 3.57. The van der Waals surface area contributed by atoms with Gasteiger partial charge >= 0.3 is 0 Å². The van der Waals surface area contributed by atoms with Crippen LogP contribution < -0.4 is 10.2 Å². The minimum atomic E-state index is 0.218. The zero-order valence-electron chi connectivity index (χ0n) is 12.5. The van der Waals surface area contributed by atoms with Crippen molar-refractivity contribution in [2.75, 3.05) is 16.8 Å². The number of rotatable bonds is 4. The molecule has 1 aliphatic rings. The van der Waals surface area contributed by atoms with Crippen LogP contribution >= 0.6 is 0 Å². The van der Waals surface area contributed by atoms with Gasteiger partial charge in [0.05, 0.1) is 5.69 Å². The van der Waals surface area contributed by atoms with E-state index in [2.05, 4.69) is 10.4 Å². The fraction of sp³-hybridized carbons (Fsp3) is 0.375. The van der Waals surface area contributed by atoms with Gasteiger partial charge in [0, 0.05) is 49.7 Å². The highest BCUT2D eigenvalue weighted by molar-refractivity contribution is 5.95. The van der Waals surface area contributed by atoms with Gasteiger partial charge in [-0.25, -0.2) is 0 Å². The van der Waals surface area contributed by atoms with E-state index in [0.29, 0.717) is 6.42 Å². The first-order valence-electron chi connectivity index (χ1n) is 7.27. The van der Waals surface area contributed by atoms with Crippen LogP contribution in [0.1, 0.15) is 24.1 Å². The first-order chi connectivity index (χ1) is 10.1. The van der Waals surface area contributed by atoms with Gasteiger partial charge in [-0.15, -0.1) is 0 Å². The number of hydrogen-bond acceptors (Lipinski definition) is 3. The standard InChI is InChI=1S/C16H20N4O/c1-12-13(11-19(2)18-12)10-17-14-5-3-6-15(9-14)20-8-4-7-16(20)21/h3,5-6,9,11,17H,4,7-8,10H2,1-2H3. The monoisotopic (exact) mass is 284 g/mol. The number of aryl methyl sites for hydroxylation is 2. The Morgan fingerprint density at radius 3 is 2.90 bits per heavy atom. The molecule has 1 fully saturated rings. The van der Waals surface area contributed by atoms with Gasteiger partial charge in [-0.3, -0.25) is 9.48 Å². The number of nitrogens with zero attached hydrogens (tertiary/aromatic N) is 3. The van der Waals surface area contributed by atoms with E-state index < -0.39 is 0 Å². The number of amides is 1. The number of nitrogens with one attached hydrogen (secondary N) is 1. The van der Waals surface area contributed by atoms with E-state index in [4.69, 9.17) is 0 Å². The highest BCUT2D eigenvalue weighted by atomic mass is 16.2. The summed E-state index contributed by atoms with van der Waals surface area (Å²) >= 11 is 0. The third-order valence-electron chi connectivity index (χ3n) is 3.83. The van der Waals surface area contributed by atoms with E-state index in [9.17, 15) is 4.79 Å². The first-order valence-corrected chi connectivity index (χ1v) is 7.27. The molecule has 0 aliphatic carbocycles. The number of hydrogen-bond donors (Lipinski definition) is 1. The third kappa shape index (κ3) is 2.91. The van der Waals surface area contributed by atoms with Gasteiger partial charge in [0.25, 0.3) is 0 Å². The van der Waals surface area contributed by atoms with Gasteiger partial charge in [0.1, 0.15) is 0 Å². The zero-order chi connectivity index (χ0) is 14.8. The summed E-state index contributed by atoms with van der Waals surface area (Å²) in [5, 5.41) is 7.74. The Kier molecular flexibility index (Phi) is 3.64. The van der Waals surface area contributed by atoms with E-state index >= 15 is 0 Å². The Labute approximate surface area is 124 Å². The van der Waals surface area contributed by atoms with Gasteiger partial charge in [0.2, 0.25) is 5.91 Å². The highest BCUT2D eigenvalue weighted by Crippen LogP contribution is 2.24. The molecule has 21 heavy (non-hydrogen) atoms. The number of carbonyl (C=O) groups excluding carboxylic acids is 1. The molecule has 2 heterocycles. The summed E-state index contributed by atoms with van der Waals surface area (Å²) in [4.78, 5) is 13.7. The number of aromatic nitrogens is 2. The Morgan fingerprint density at radius 2 is 2.24 bits per heavy atom. The van der Waals surface area contributed by atoms with Gasteiger partial charge < -0.3 is 10.2 Å². The smallest absolute Gasteiger partial charge is 0.227 e. The van der Waals surface area contributed by atoms with Crippen LogP contribution in [0.15, 0.2) is 30.5 Å². The fourth-order valence-electron chi connectivity index (χ4n) is 2.72. The minimum absolute atomic E-state index is 0.218. The summed E-state index contributed by atoms with van der Waals surface area (Å²) < 4.78 is 1.83. The second kappa shape index (κ2) is 5.60. The van der Waals surface area contributed by atoms with Crippen LogP contribution in [-0.4, -0.2) is 22.2 Å². The van der Waals surface area contributed by atoms with Crippen molar-refractivity contribution >= 4 is 17.3 Å². The average Bonchev–Trinajstić information content (AvgIpc) is 3.02. The second-order valence-electron chi connectivity index (χ2n) is 5.47. The fourth-order valence-corrected chi connectivity index (χ4v) is 2.72.